The number of benzene rings is 2. The fourth-order valence-electron chi connectivity index (χ4n) is 2.35. The number of ether oxygens (including phenoxy) is 2. The molecule has 0 saturated heterocycles. The summed E-state index contributed by atoms with van der Waals surface area (Å²) in [7, 11) is 1.57. The zero-order valence-electron chi connectivity index (χ0n) is 14.4. The molecule has 0 atom stereocenters. The van der Waals surface area contributed by atoms with Crippen molar-refractivity contribution in [2.75, 3.05) is 20.3 Å². The van der Waals surface area contributed by atoms with Gasteiger partial charge in [0, 0.05) is 5.56 Å². The summed E-state index contributed by atoms with van der Waals surface area (Å²) in [6, 6.07) is 10.2. The summed E-state index contributed by atoms with van der Waals surface area (Å²) in [5.41, 5.74) is 0.330. The average molecular weight is 374 g/mol. The second-order valence-corrected chi connectivity index (χ2v) is 5.48. The Hall–Kier alpha value is -3.42. The molecule has 2 aromatic carbocycles. The molecule has 0 aliphatic rings. The van der Waals surface area contributed by atoms with Gasteiger partial charge in [-0.3, -0.25) is 4.79 Å². The van der Waals surface area contributed by atoms with Crippen molar-refractivity contribution in [1.29, 1.82) is 0 Å². The highest BCUT2D eigenvalue weighted by Gasteiger charge is 2.18. The van der Waals surface area contributed by atoms with Gasteiger partial charge in [-0.2, -0.15) is 0 Å². The topological polar surface area (TPSA) is 73.6 Å². The van der Waals surface area contributed by atoms with E-state index in [9.17, 15) is 13.6 Å². The van der Waals surface area contributed by atoms with Crippen LogP contribution in [0.5, 0.6) is 11.5 Å². The lowest BCUT2D eigenvalue weighted by atomic mass is 10.1. The van der Waals surface area contributed by atoms with Crippen molar-refractivity contribution >= 4 is 5.91 Å². The Labute approximate surface area is 153 Å². The maximum atomic E-state index is 13.4. The Morgan fingerprint density at radius 1 is 1.11 bits per heavy atom. The van der Waals surface area contributed by atoms with Crippen molar-refractivity contribution in [3.63, 3.8) is 0 Å². The van der Waals surface area contributed by atoms with Crippen LogP contribution in [0, 0.1) is 11.6 Å². The number of aromatic nitrogens is 1. The normalized spacial score (nSPS) is 10.5. The van der Waals surface area contributed by atoms with E-state index in [0.29, 0.717) is 11.5 Å². The first kappa shape index (κ1) is 18.4. The Morgan fingerprint density at radius 3 is 2.56 bits per heavy atom. The molecule has 0 radical (unpaired) electrons. The van der Waals surface area contributed by atoms with Gasteiger partial charge in [0.1, 0.15) is 23.7 Å². The van der Waals surface area contributed by atoms with E-state index in [-0.39, 0.29) is 30.0 Å². The lowest BCUT2D eigenvalue weighted by molar-refractivity contribution is 0.0947. The van der Waals surface area contributed by atoms with Gasteiger partial charge in [-0.25, -0.2) is 8.78 Å². The van der Waals surface area contributed by atoms with Crippen LogP contribution in [0.3, 0.4) is 0 Å². The molecular formula is C19H16F2N2O4. The van der Waals surface area contributed by atoms with Crippen molar-refractivity contribution in [3.05, 3.63) is 65.9 Å². The number of carbonyl (C=O) groups is 1. The molecule has 0 bridgehead atoms. The lowest BCUT2D eigenvalue weighted by Crippen LogP contribution is -2.28. The number of hydrogen-bond donors (Lipinski definition) is 1. The number of nitrogens with zero attached hydrogens (tertiary/aromatic N) is 1. The SMILES string of the molecule is COc1ccc(OCCNC(=O)c2cnoc2-c2ccc(F)c(F)c2)cc1. The Bertz CT molecular complexity index is 926. The summed E-state index contributed by atoms with van der Waals surface area (Å²) in [5.74, 6) is -1.08. The first-order valence-electron chi connectivity index (χ1n) is 8.03. The first-order valence-corrected chi connectivity index (χ1v) is 8.03. The Kier molecular flexibility index (Phi) is 5.65. The summed E-state index contributed by atoms with van der Waals surface area (Å²) in [4.78, 5) is 12.3. The van der Waals surface area contributed by atoms with Crippen LogP contribution in [0.4, 0.5) is 8.78 Å². The zero-order valence-corrected chi connectivity index (χ0v) is 14.4. The number of methoxy groups -OCH3 is 1. The molecule has 1 heterocycles. The summed E-state index contributed by atoms with van der Waals surface area (Å²) in [6.07, 6.45) is 1.22. The van der Waals surface area contributed by atoms with Gasteiger partial charge in [0.25, 0.3) is 5.91 Å². The highest BCUT2D eigenvalue weighted by atomic mass is 19.2. The molecule has 3 rings (SSSR count). The minimum atomic E-state index is -1.04. The van der Waals surface area contributed by atoms with Gasteiger partial charge in [0.05, 0.1) is 19.9 Å². The minimum Gasteiger partial charge on any atom is -0.497 e. The molecule has 8 heteroatoms. The molecule has 1 N–H and O–H groups in total. The maximum absolute atomic E-state index is 13.4. The minimum absolute atomic E-state index is 0.0578. The summed E-state index contributed by atoms with van der Waals surface area (Å²) < 4.78 is 42.1. The standard InChI is InChI=1S/C19H16F2N2O4/c1-25-13-3-5-14(6-4-13)26-9-8-22-19(24)15-11-23-27-18(15)12-2-7-16(20)17(21)10-12/h2-7,10-11H,8-9H2,1H3,(H,22,24). The molecule has 6 nitrogen and oxygen atoms in total. The maximum Gasteiger partial charge on any atom is 0.257 e. The van der Waals surface area contributed by atoms with Crippen LogP contribution < -0.4 is 14.8 Å². The Balaban J connectivity index is 1.57. The third-order valence-electron chi connectivity index (χ3n) is 3.71. The van der Waals surface area contributed by atoms with Crippen LogP contribution >= 0.6 is 0 Å². The highest BCUT2D eigenvalue weighted by molar-refractivity contribution is 5.99. The van der Waals surface area contributed by atoms with Crippen molar-refractivity contribution < 1.29 is 27.6 Å². The number of carbonyl (C=O) groups excluding carboxylic acids is 1. The van der Waals surface area contributed by atoms with Crippen LogP contribution in [0.1, 0.15) is 10.4 Å². The highest BCUT2D eigenvalue weighted by Crippen LogP contribution is 2.25. The summed E-state index contributed by atoms with van der Waals surface area (Å²) in [5, 5.41) is 6.23. The van der Waals surface area contributed by atoms with Gasteiger partial charge < -0.3 is 19.3 Å². The molecule has 0 spiro atoms. The van der Waals surface area contributed by atoms with E-state index in [1.807, 2.05) is 0 Å². The molecule has 140 valence electrons. The fraction of sp³-hybridized carbons (Fsp3) is 0.158. The van der Waals surface area contributed by atoms with Crippen molar-refractivity contribution in [2.24, 2.45) is 0 Å². The molecule has 0 fully saturated rings. The molecule has 0 aliphatic heterocycles. The van der Waals surface area contributed by atoms with E-state index in [4.69, 9.17) is 14.0 Å². The predicted molar refractivity (Wildman–Crippen MR) is 92.7 cm³/mol. The molecule has 0 saturated carbocycles. The monoisotopic (exact) mass is 374 g/mol. The fourth-order valence-corrected chi connectivity index (χ4v) is 2.35. The van der Waals surface area contributed by atoms with Crippen molar-refractivity contribution in [2.45, 2.75) is 0 Å². The molecule has 1 aromatic heterocycles. The third-order valence-corrected chi connectivity index (χ3v) is 3.71. The van der Waals surface area contributed by atoms with Gasteiger partial charge >= 0.3 is 0 Å². The molecule has 27 heavy (non-hydrogen) atoms. The number of nitrogens with one attached hydrogen (secondary N) is 1. The molecule has 0 unspecified atom stereocenters. The second-order valence-electron chi connectivity index (χ2n) is 5.48. The molecule has 0 aliphatic carbocycles. The third kappa shape index (κ3) is 4.41. The molecule has 1 amide bonds. The van der Waals surface area contributed by atoms with E-state index in [2.05, 4.69) is 10.5 Å². The van der Waals surface area contributed by atoms with E-state index in [1.165, 1.54) is 12.3 Å². The van der Waals surface area contributed by atoms with E-state index >= 15 is 0 Å². The summed E-state index contributed by atoms with van der Waals surface area (Å²) in [6.45, 7) is 0.469. The van der Waals surface area contributed by atoms with Crippen LogP contribution in [0.15, 0.2) is 53.2 Å². The number of halogens is 2. The van der Waals surface area contributed by atoms with Crippen LogP contribution in [-0.2, 0) is 0 Å². The lowest BCUT2D eigenvalue weighted by Gasteiger charge is -2.08. The van der Waals surface area contributed by atoms with Crippen LogP contribution in [-0.4, -0.2) is 31.3 Å². The van der Waals surface area contributed by atoms with E-state index in [1.54, 1.807) is 31.4 Å². The van der Waals surface area contributed by atoms with Gasteiger partial charge in [-0.1, -0.05) is 5.16 Å². The zero-order chi connectivity index (χ0) is 19.2. The predicted octanol–water partition coefficient (Wildman–Crippen LogP) is 3.44. The van der Waals surface area contributed by atoms with E-state index in [0.717, 1.165) is 12.1 Å². The first-order chi connectivity index (χ1) is 13.1. The van der Waals surface area contributed by atoms with E-state index < -0.39 is 17.5 Å². The van der Waals surface area contributed by atoms with Gasteiger partial charge in [-0.05, 0) is 42.5 Å². The summed E-state index contributed by atoms with van der Waals surface area (Å²) >= 11 is 0. The average Bonchev–Trinajstić information content (AvgIpc) is 3.17. The van der Waals surface area contributed by atoms with Crippen LogP contribution in [0.25, 0.3) is 11.3 Å². The molecule has 3 aromatic rings. The smallest absolute Gasteiger partial charge is 0.257 e. The Morgan fingerprint density at radius 2 is 1.85 bits per heavy atom. The largest absolute Gasteiger partial charge is 0.497 e. The van der Waals surface area contributed by atoms with Crippen LogP contribution in [0.2, 0.25) is 0 Å². The van der Waals surface area contributed by atoms with Gasteiger partial charge in [-0.15, -0.1) is 0 Å². The van der Waals surface area contributed by atoms with Crippen molar-refractivity contribution in [1.82, 2.24) is 10.5 Å². The number of rotatable bonds is 7. The number of amides is 1. The molecular weight excluding hydrogens is 358 g/mol. The number of hydrogen-bond acceptors (Lipinski definition) is 5. The second kappa shape index (κ2) is 8.31. The van der Waals surface area contributed by atoms with Crippen molar-refractivity contribution in [3.8, 4) is 22.8 Å². The quantitative estimate of drug-likeness (QED) is 0.642. The van der Waals surface area contributed by atoms with Gasteiger partial charge in [0.2, 0.25) is 0 Å². The van der Waals surface area contributed by atoms with Gasteiger partial charge in [0.15, 0.2) is 17.4 Å².